The first-order chi connectivity index (χ1) is 7.30. The van der Waals surface area contributed by atoms with E-state index in [1.54, 1.807) is 0 Å². The van der Waals surface area contributed by atoms with E-state index >= 15 is 0 Å². The summed E-state index contributed by atoms with van der Waals surface area (Å²) < 4.78 is 0. The van der Waals surface area contributed by atoms with Crippen molar-refractivity contribution in [2.24, 2.45) is 11.5 Å². The van der Waals surface area contributed by atoms with E-state index in [9.17, 15) is 4.79 Å². The fourth-order valence-electron chi connectivity index (χ4n) is 1.50. The fourth-order valence-corrected chi connectivity index (χ4v) is 1.50. The summed E-state index contributed by atoms with van der Waals surface area (Å²) in [6.45, 7) is 6.49. The monoisotopic (exact) mass is 220 g/mol. The molecule has 1 aromatic rings. The van der Waals surface area contributed by atoms with Gasteiger partial charge in [-0.2, -0.15) is 0 Å². The van der Waals surface area contributed by atoms with E-state index in [0.717, 1.165) is 5.56 Å². The van der Waals surface area contributed by atoms with Crippen LogP contribution in [0.2, 0.25) is 0 Å². The zero-order valence-electron chi connectivity index (χ0n) is 10.2. The Hall–Kier alpha value is -1.35. The van der Waals surface area contributed by atoms with Crippen molar-refractivity contribution >= 4 is 5.91 Å². The molecule has 4 N–H and O–H groups in total. The summed E-state index contributed by atoms with van der Waals surface area (Å²) in [6, 6.07) is 7.55. The Kier molecular flexibility index (Phi) is 3.70. The van der Waals surface area contributed by atoms with Crippen molar-refractivity contribution in [3.63, 3.8) is 0 Å². The molecule has 1 rings (SSSR count). The molecule has 0 saturated heterocycles. The Morgan fingerprint density at radius 1 is 1.25 bits per heavy atom. The van der Waals surface area contributed by atoms with E-state index in [1.165, 1.54) is 5.56 Å². The number of primary amides is 1. The number of nitrogens with two attached hydrogens (primary N) is 2. The molecule has 0 saturated carbocycles. The van der Waals surface area contributed by atoms with Crippen LogP contribution in [0, 0.1) is 0 Å². The van der Waals surface area contributed by atoms with Gasteiger partial charge in [0.2, 0.25) is 5.91 Å². The SMILES string of the molecule is CC(C)(C)c1ccc(CC(N)C(N)=O)cc1. The highest BCUT2D eigenvalue weighted by molar-refractivity contribution is 5.79. The second-order valence-corrected chi connectivity index (χ2v) is 5.16. The number of benzene rings is 1. The zero-order valence-corrected chi connectivity index (χ0v) is 10.2. The molecule has 1 amide bonds. The number of hydrogen-bond donors (Lipinski definition) is 2. The van der Waals surface area contributed by atoms with Crippen LogP contribution in [0.15, 0.2) is 24.3 Å². The molecule has 0 aliphatic carbocycles. The second kappa shape index (κ2) is 4.66. The molecule has 1 unspecified atom stereocenters. The van der Waals surface area contributed by atoms with Crippen LogP contribution in [-0.4, -0.2) is 11.9 Å². The number of carbonyl (C=O) groups excluding carboxylic acids is 1. The van der Waals surface area contributed by atoms with Crippen LogP contribution in [0.25, 0.3) is 0 Å². The lowest BCUT2D eigenvalue weighted by atomic mass is 9.86. The number of carbonyl (C=O) groups is 1. The molecular weight excluding hydrogens is 200 g/mol. The smallest absolute Gasteiger partial charge is 0.234 e. The molecule has 0 spiro atoms. The molecule has 1 atom stereocenters. The van der Waals surface area contributed by atoms with Gasteiger partial charge in [-0.25, -0.2) is 0 Å². The first-order valence-electron chi connectivity index (χ1n) is 5.45. The molecule has 0 heterocycles. The molecule has 88 valence electrons. The molecule has 3 heteroatoms. The molecular formula is C13H20N2O. The topological polar surface area (TPSA) is 69.1 Å². The van der Waals surface area contributed by atoms with Gasteiger partial charge in [0.25, 0.3) is 0 Å². The molecule has 0 aromatic heterocycles. The summed E-state index contributed by atoms with van der Waals surface area (Å²) in [6.07, 6.45) is 0.500. The molecule has 0 aliphatic rings. The maximum absolute atomic E-state index is 10.8. The van der Waals surface area contributed by atoms with Crippen molar-refractivity contribution < 1.29 is 4.79 Å². The molecule has 0 bridgehead atoms. The van der Waals surface area contributed by atoms with Gasteiger partial charge in [-0.3, -0.25) is 4.79 Å². The highest BCUT2D eigenvalue weighted by Crippen LogP contribution is 2.22. The van der Waals surface area contributed by atoms with E-state index in [0.29, 0.717) is 6.42 Å². The predicted octanol–water partition coefficient (Wildman–Crippen LogP) is 1.34. The molecule has 0 fully saturated rings. The van der Waals surface area contributed by atoms with Crippen molar-refractivity contribution in [1.29, 1.82) is 0 Å². The van der Waals surface area contributed by atoms with Gasteiger partial charge >= 0.3 is 0 Å². The summed E-state index contributed by atoms with van der Waals surface area (Å²) in [5.74, 6) is -0.458. The minimum Gasteiger partial charge on any atom is -0.368 e. The molecule has 3 nitrogen and oxygen atoms in total. The minimum absolute atomic E-state index is 0.143. The van der Waals surface area contributed by atoms with Crippen LogP contribution >= 0.6 is 0 Å². The van der Waals surface area contributed by atoms with E-state index in [1.807, 2.05) is 12.1 Å². The normalized spacial score (nSPS) is 13.5. The van der Waals surface area contributed by atoms with Crippen molar-refractivity contribution in [2.75, 3.05) is 0 Å². The summed E-state index contributed by atoms with van der Waals surface area (Å²) in [4.78, 5) is 10.8. The third-order valence-corrected chi connectivity index (χ3v) is 2.64. The Labute approximate surface area is 96.8 Å². The van der Waals surface area contributed by atoms with Crippen LogP contribution in [-0.2, 0) is 16.6 Å². The van der Waals surface area contributed by atoms with E-state index in [2.05, 4.69) is 32.9 Å². The lowest BCUT2D eigenvalue weighted by molar-refractivity contribution is -0.119. The summed E-state index contributed by atoms with van der Waals surface area (Å²) >= 11 is 0. The number of rotatable bonds is 3. The van der Waals surface area contributed by atoms with Gasteiger partial charge in [-0.1, -0.05) is 45.0 Å². The maximum atomic E-state index is 10.8. The van der Waals surface area contributed by atoms with Gasteiger partial charge in [0.05, 0.1) is 6.04 Å². The quantitative estimate of drug-likeness (QED) is 0.807. The first-order valence-corrected chi connectivity index (χ1v) is 5.45. The highest BCUT2D eigenvalue weighted by Gasteiger charge is 2.14. The molecule has 16 heavy (non-hydrogen) atoms. The minimum atomic E-state index is -0.597. The van der Waals surface area contributed by atoms with Crippen LogP contribution in [0.3, 0.4) is 0 Å². The van der Waals surface area contributed by atoms with Gasteiger partial charge in [-0.15, -0.1) is 0 Å². The van der Waals surface area contributed by atoms with Gasteiger partial charge in [-0.05, 0) is 23.0 Å². The Morgan fingerprint density at radius 3 is 2.12 bits per heavy atom. The Balaban J connectivity index is 2.76. The third-order valence-electron chi connectivity index (χ3n) is 2.64. The predicted molar refractivity (Wildman–Crippen MR) is 66.0 cm³/mol. The average Bonchev–Trinajstić information content (AvgIpc) is 2.17. The summed E-state index contributed by atoms with van der Waals surface area (Å²) in [5.41, 5.74) is 13.2. The first kappa shape index (κ1) is 12.7. The van der Waals surface area contributed by atoms with Gasteiger partial charge in [0.15, 0.2) is 0 Å². The maximum Gasteiger partial charge on any atom is 0.234 e. The number of hydrogen-bond acceptors (Lipinski definition) is 2. The largest absolute Gasteiger partial charge is 0.368 e. The highest BCUT2D eigenvalue weighted by atomic mass is 16.1. The van der Waals surface area contributed by atoms with Gasteiger partial charge in [0, 0.05) is 0 Å². The van der Waals surface area contributed by atoms with Crippen LogP contribution < -0.4 is 11.5 Å². The molecule has 1 aromatic carbocycles. The van der Waals surface area contributed by atoms with E-state index < -0.39 is 11.9 Å². The standard InChI is InChI=1S/C13H20N2O/c1-13(2,3)10-6-4-9(5-7-10)8-11(14)12(15)16/h4-7,11H,8,14H2,1-3H3,(H2,15,16). The summed E-state index contributed by atoms with van der Waals surface area (Å²) in [5, 5.41) is 0. The van der Waals surface area contributed by atoms with Crippen LogP contribution in [0.1, 0.15) is 31.9 Å². The van der Waals surface area contributed by atoms with Crippen LogP contribution in [0.5, 0.6) is 0 Å². The zero-order chi connectivity index (χ0) is 12.3. The second-order valence-electron chi connectivity index (χ2n) is 5.16. The van der Waals surface area contributed by atoms with Crippen LogP contribution in [0.4, 0.5) is 0 Å². The van der Waals surface area contributed by atoms with Crippen molar-refractivity contribution in [3.8, 4) is 0 Å². The average molecular weight is 220 g/mol. The lowest BCUT2D eigenvalue weighted by Gasteiger charge is -2.19. The Morgan fingerprint density at radius 2 is 1.75 bits per heavy atom. The third kappa shape index (κ3) is 3.35. The van der Waals surface area contributed by atoms with Crippen molar-refractivity contribution in [1.82, 2.24) is 0 Å². The fraction of sp³-hybridized carbons (Fsp3) is 0.462. The van der Waals surface area contributed by atoms with Gasteiger partial charge < -0.3 is 11.5 Å². The van der Waals surface area contributed by atoms with Crippen molar-refractivity contribution in [3.05, 3.63) is 35.4 Å². The van der Waals surface area contributed by atoms with Crippen molar-refractivity contribution in [2.45, 2.75) is 38.6 Å². The van der Waals surface area contributed by atoms with E-state index in [-0.39, 0.29) is 5.41 Å². The molecule has 0 radical (unpaired) electrons. The molecule has 0 aliphatic heterocycles. The van der Waals surface area contributed by atoms with Gasteiger partial charge in [0.1, 0.15) is 0 Å². The summed E-state index contributed by atoms with van der Waals surface area (Å²) in [7, 11) is 0. The lowest BCUT2D eigenvalue weighted by Crippen LogP contribution is -2.38. The number of amides is 1. The van der Waals surface area contributed by atoms with E-state index in [4.69, 9.17) is 11.5 Å². The Bertz CT molecular complexity index is 363.